The van der Waals surface area contributed by atoms with Crippen LogP contribution in [0.1, 0.15) is 25.3 Å². The van der Waals surface area contributed by atoms with E-state index in [1.54, 1.807) is 14.2 Å². The molecule has 0 unspecified atom stereocenters. The van der Waals surface area contributed by atoms with Crippen LogP contribution >= 0.6 is 0 Å². The minimum atomic E-state index is -0.474. The Morgan fingerprint density at radius 2 is 1.77 bits per heavy atom. The second-order valence-corrected chi connectivity index (χ2v) is 5.91. The Bertz CT molecular complexity index is 688. The molecule has 26 heavy (non-hydrogen) atoms. The van der Waals surface area contributed by atoms with Gasteiger partial charge in [0.1, 0.15) is 5.75 Å². The van der Waals surface area contributed by atoms with E-state index in [9.17, 15) is 4.79 Å². The summed E-state index contributed by atoms with van der Waals surface area (Å²) in [6, 6.07) is 15.3. The average molecular weight is 357 g/mol. The molecule has 0 spiro atoms. The van der Waals surface area contributed by atoms with E-state index in [2.05, 4.69) is 5.32 Å². The number of methoxy groups -OCH3 is 2. The van der Waals surface area contributed by atoms with Gasteiger partial charge in [0, 0.05) is 6.54 Å². The van der Waals surface area contributed by atoms with E-state index in [-0.39, 0.29) is 5.91 Å². The van der Waals surface area contributed by atoms with E-state index in [0.717, 1.165) is 24.2 Å². The summed E-state index contributed by atoms with van der Waals surface area (Å²) in [5.74, 6) is 2.06. The van der Waals surface area contributed by atoms with Gasteiger partial charge in [0.25, 0.3) is 5.91 Å². The van der Waals surface area contributed by atoms with Crippen molar-refractivity contribution in [2.45, 2.75) is 32.3 Å². The number of nitrogens with one attached hydrogen (secondary N) is 1. The standard InChI is InChI=1S/C21H27NO4/c1-4-18(26-17-10-6-5-7-11-17)21(23)22-14-8-9-16-12-13-19(24-2)20(15-16)25-3/h5-7,10-13,15,18H,4,8-9,14H2,1-3H3,(H,22,23)/t18-/m0/s1. The van der Waals surface area contributed by atoms with Crippen molar-refractivity contribution < 1.29 is 19.0 Å². The first-order chi connectivity index (χ1) is 12.7. The number of hydrogen-bond donors (Lipinski definition) is 1. The number of benzene rings is 2. The van der Waals surface area contributed by atoms with Crippen LogP contribution in [0.3, 0.4) is 0 Å². The van der Waals surface area contributed by atoms with Gasteiger partial charge in [-0.25, -0.2) is 0 Å². The number of para-hydroxylation sites is 1. The third-order valence-corrected chi connectivity index (χ3v) is 4.07. The highest BCUT2D eigenvalue weighted by Crippen LogP contribution is 2.27. The molecule has 0 aliphatic heterocycles. The Balaban J connectivity index is 1.78. The maximum absolute atomic E-state index is 12.3. The number of carbonyl (C=O) groups is 1. The number of amides is 1. The molecule has 0 heterocycles. The van der Waals surface area contributed by atoms with Gasteiger partial charge in [-0.2, -0.15) is 0 Å². The third-order valence-electron chi connectivity index (χ3n) is 4.07. The molecule has 5 nitrogen and oxygen atoms in total. The Morgan fingerprint density at radius 1 is 1.04 bits per heavy atom. The maximum Gasteiger partial charge on any atom is 0.261 e. The van der Waals surface area contributed by atoms with Gasteiger partial charge >= 0.3 is 0 Å². The van der Waals surface area contributed by atoms with Gasteiger partial charge in [0.05, 0.1) is 14.2 Å². The first kappa shape index (κ1) is 19.6. The fourth-order valence-electron chi connectivity index (χ4n) is 2.64. The molecule has 1 N–H and O–H groups in total. The van der Waals surface area contributed by atoms with Crippen LogP contribution in [0.2, 0.25) is 0 Å². The van der Waals surface area contributed by atoms with Crippen molar-refractivity contribution in [2.24, 2.45) is 0 Å². The molecule has 0 saturated carbocycles. The summed E-state index contributed by atoms with van der Waals surface area (Å²) in [7, 11) is 3.24. The lowest BCUT2D eigenvalue weighted by molar-refractivity contribution is -0.128. The fraction of sp³-hybridized carbons (Fsp3) is 0.381. The molecule has 0 aromatic heterocycles. The highest BCUT2D eigenvalue weighted by molar-refractivity contribution is 5.81. The molecular weight excluding hydrogens is 330 g/mol. The molecule has 1 amide bonds. The highest BCUT2D eigenvalue weighted by atomic mass is 16.5. The van der Waals surface area contributed by atoms with E-state index in [0.29, 0.717) is 24.5 Å². The summed E-state index contributed by atoms with van der Waals surface area (Å²) < 4.78 is 16.3. The van der Waals surface area contributed by atoms with Gasteiger partial charge in [0.2, 0.25) is 0 Å². The zero-order valence-corrected chi connectivity index (χ0v) is 15.7. The number of rotatable bonds is 10. The predicted molar refractivity (Wildman–Crippen MR) is 102 cm³/mol. The second kappa shape index (κ2) is 10.3. The molecular formula is C21H27NO4. The molecule has 0 saturated heterocycles. The van der Waals surface area contributed by atoms with Crippen LogP contribution in [0.5, 0.6) is 17.2 Å². The molecule has 2 aromatic rings. The molecule has 2 aromatic carbocycles. The van der Waals surface area contributed by atoms with E-state index in [1.807, 2.05) is 55.5 Å². The molecule has 0 fully saturated rings. The molecule has 0 radical (unpaired) electrons. The van der Waals surface area contributed by atoms with Crippen LogP contribution in [-0.4, -0.2) is 32.8 Å². The van der Waals surface area contributed by atoms with Crippen molar-refractivity contribution in [1.29, 1.82) is 0 Å². The van der Waals surface area contributed by atoms with Crippen LogP contribution in [0.4, 0.5) is 0 Å². The zero-order chi connectivity index (χ0) is 18.8. The Kier molecular flexibility index (Phi) is 7.80. The first-order valence-corrected chi connectivity index (χ1v) is 8.88. The van der Waals surface area contributed by atoms with Gasteiger partial charge in [-0.1, -0.05) is 31.2 Å². The quantitative estimate of drug-likeness (QED) is 0.660. The summed E-state index contributed by atoms with van der Waals surface area (Å²) >= 11 is 0. The topological polar surface area (TPSA) is 56.8 Å². The first-order valence-electron chi connectivity index (χ1n) is 8.88. The minimum Gasteiger partial charge on any atom is -0.493 e. The van der Waals surface area contributed by atoms with Crippen LogP contribution < -0.4 is 19.5 Å². The van der Waals surface area contributed by atoms with E-state index in [4.69, 9.17) is 14.2 Å². The predicted octanol–water partition coefficient (Wildman–Crippen LogP) is 3.61. The number of aryl methyl sites for hydroxylation is 1. The molecule has 0 aliphatic rings. The van der Waals surface area contributed by atoms with Crippen molar-refractivity contribution in [3.05, 3.63) is 54.1 Å². The SMILES string of the molecule is CC[C@H](Oc1ccccc1)C(=O)NCCCc1ccc(OC)c(OC)c1. The summed E-state index contributed by atoms with van der Waals surface area (Å²) in [6.45, 7) is 2.54. The minimum absolute atomic E-state index is 0.0799. The second-order valence-electron chi connectivity index (χ2n) is 5.91. The van der Waals surface area contributed by atoms with E-state index in [1.165, 1.54) is 0 Å². The van der Waals surface area contributed by atoms with E-state index < -0.39 is 6.10 Å². The number of hydrogen-bond acceptors (Lipinski definition) is 4. The van der Waals surface area contributed by atoms with Gasteiger partial charge in [-0.05, 0) is 49.1 Å². The lowest BCUT2D eigenvalue weighted by atomic mass is 10.1. The monoisotopic (exact) mass is 357 g/mol. The maximum atomic E-state index is 12.3. The number of ether oxygens (including phenoxy) is 3. The van der Waals surface area contributed by atoms with Crippen LogP contribution in [0, 0.1) is 0 Å². The Hall–Kier alpha value is -2.69. The summed E-state index contributed by atoms with van der Waals surface area (Å²) in [6.07, 6.45) is 1.83. The Morgan fingerprint density at radius 3 is 2.42 bits per heavy atom. The largest absolute Gasteiger partial charge is 0.493 e. The average Bonchev–Trinajstić information content (AvgIpc) is 2.69. The normalized spacial score (nSPS) is 11.5. The smallest absolute Gasteiger partial charge is 0.261 e. The molecule has 0 aliphatic carbocycles. The number of carbonyl (C=O) groups excluding carboxylic acids is 1. The molecule has 1 atom stereocenters. The van der Waals surface area contributed by atoms with Crippen molar-refractivity contribution in [1.82, 2.24) is 5.32 Å². The van der Waals surface area contributed by atoms with Crippen molar-refractivity contribution >= 4 is 5.91 Å². The van der Waals surface area contributed by atoms with Crippen LogP contribution in [-0.2, 0) is 11.2 Å². The van der Waals surface area contributed by atoms with Crippen LogP contribution in [0.15, 0.2) is 48.5 Å². The van der Waals surface area contributed by atoms with Gasteiger partial charge in [-0.15, -0.1) is 0 Å². The third kappa shape index (κ3) is 5.69. The summed E-state index contributed by atoms with van der Waals surface area (Å²) in [5, 5.41) is 2.96. The van der Waals surface area contributed by atoms with Crippen molar-refractivity contribution in [3.8, 4) is 17.2 Å². The van der Waals surface area contributed by atoms with Crippen LogP contribution in [0.25, 0.3) is 0 Å². The molecule has 2 rings (SSSR count). The molecule has 140 valence electrons. The van der Waals surface area contributed by atoms with Gasteiger partial charge in [0.15, 0.2) is 17.6 Å². The molecule has 5 heteroatoms. The summed E-state index contributed by atoms with van der Waals surface area (Å²) in [4.78, 5) is 12.3. The zero-order valence-electron chi connectivity index (χ0n) is 15.7. The van der Waals surface area contributed by atoms with Gasteiger partial charge in [-0.3, -0.25) is 4.79 Å². The van der Waals surface area contributed by atoms with E-state index >= 15 is 0 Å². The lowest BCUT2D eigenvalue weighted by Gasteiger charge is -2.17. The van der Waals surface area contributed by atoms with Gasteiger partial charge < -0.3 is 19.5 Å². The molecule has 0 bridgehead atoms. The van der Waals surface area contributed by atoms with Crippen molar-refractivity contribution in [3.63, 3.8) is 0 Å². The highest BCUT2D eigenvalue weighted by Gasteiger charge is 2.17. The lowest BCUT2D eigenvalue weighted by Crippen LogP contribution is -2.38. The Labute approximate surface area is 155 Å². The van der Waals surface area contributed by atoms with Crippen molar-refractivity contribution in [2.75, 3.05) is 20.8 Å². The fourth-order valence-corrected chi connectivity index (χ4v) is 2.64. The summed E-state index contributed by atoms with van der Waals surface area (Å²) in [5.41, 5.74) is 1.14.